The number of rotatable bonds is 4. The lowest BCUT2D eigenvalue weighted by molar-refractivity contribution is 0.0696. The van der Waals surface area contributed by atoms with Gasteiger partial charge in [-0.1, -0.05) is 0 Å². The van der Waals surface area contributed by atoms with E-state index in [1.165, 1.54) is 18.3 Å². The second-order valence-electron chi connectivity index (χ2n) is 3.63. The van der Waals surface area contributed by atoms with Crippen LogP contribution in [-0.4, -0.2) is 16.1 Å². The third-order valence-electron chi connectivity index (χ3n) is 2.24. The van der Waals surface area contributed by atoms with Gasteiger partial charge in [0, 0.05) is 6.20 Å². The molecule has 0 fully saturated rings. The van der Waals surface area contributed by atoms with Crippen LogP contribution in [-0.2, 0) is 6.61 Å². The fourth-order valence-corrected chi connectivity index (χ4v) is 1.46. The molecule has 0 radical (unpaired) electrons. The van der Waals surface area contributed by atoms with Crippen LogP contribution in [0.3, 0.4) is 0 Å². The zero-order valence-electron chi connectivity index (χ0n) is 9.34. The number of hydrogen-bond acceptors (Lipinski definition) is 3. The summed E-state index contributed by atoms with van der Waals surface area (Å²) >= 11 is 0. The van der Waals surface area contributed by atoms with E-state index in [0.29, 0.717) is 11.3 Å². The Hall–Kier alpha value is -2.43. The highest BCUT2D eigenvalue weighted by molar-refractivity contribution is 5.87. The van der Waals surface area contributed by atoms with Crippen molar-refractivity contribution >= 4 is 5.97 Å². The van der Waals surface area contributed by atoms with Crippen molar-refractivity contribution in [1.29, 1.82) is 0 Å². The second-order valence-corrected chi connectivity index (χ2v) is 3.63. The summed E-state index contributed by atoms with van der Waals surface area (Å²) in [5.74, 6) is -1.23. The first-order valence-corrected chi connectivity index (χ1v) is 5.21. The Kier molecular flexibility index (Phi) is 3.52. The van der Waals surface area contributed by atoms with Gasteiger partial charge in [-0.15, -0.1) is 0 Å². The molecule has 0 saturated heterocycles. The summed E-state index contributed by atoms with van der Waals surface area (Å²) in [7, 11) is 0. The molecule has 4 nitrogen and oxygen atoms in total. The van der Waals surface area contributed by atoms with Gasteiger partial charge in [0.05, 0.1) is 11.8 Å². The molecule has 0 aliphatic rings. The Bertz CT molecular complexity index is 557. The van der Waals surface area contributed by atoms with Crippen molar-refractivity contribution in [2.75, 3.05) is 0 Å². The van der Waals surface area contributed by atoms with Crippen molar-refractivity contribution in [2.45, 2.75) is 6.61 Å². The number of carbonyl (C=O) groups is 1. The maximum atomic E-state index is 13.2. The molecule has 0 unspecified atom stereocenters. The molecule has 1 heterocycles. The first-order chi connectivity index (χ1) is 8.65. The first-order valence-electron chi connectivity index (χ1n) is 5.21. The normalized spacial score (nSPS) is 10.1. The minimum atomic E-state index is -1.17. The lowest BCUT2D eigenvalue weighted by Crippen LogP contribution is -2.02. The van der Waals surface area contributed by atoms with E-state index in [1.54, 1.807) is 18.3 Å². The highest BCUT2D eigenvalue weighted by atomic mass is 19.1. The molecule has 1 N–H and O–H groups in total. The molecule has 92 valence electrons. The number of ether oxygens (including phenoxy) is 1. The molecule has 1 aromatic carbocycles. The number of aromatic carboxylic acids is 1. The predicted molar refractivity (Wildman–Crippen MR) is 61.9 cm³/mol. The molecule has 0 amide bonds. The van der Waals surface area contributed by atoms with E-state index in [9.17, 15) is 9.18 Å². The Morgan fingerprint density at radius 3 is 2.89 bits per heavy atom. The van der Waals surface area contributed by atoms with Crippen LogP contribution in [0.1, 0.15) is 15.9 Å². The SMILES string of the molecule is O=C(O)c1cc(F)cc(COc2cccnc2)c1. The number of carboxylic acid groups (broad SMARTS) is 1. The number of pyridine rings is 1. The van der Waals surface area contributed by atoms with Gasteiger partial charge < -0.3 is 9.84 Å². The summed E-state index contributed by atoms with van der Waals surface area (Å²) in [6.45, 7) is 0.0870. The lowest BCUT2D eigenvalue weighted by atomic mass is 10.1. The molecule has 18 heavy (non-hydrogen) atoms. The van der Waals surface area contributed by atoms with E-state index < -0.39 is 11.8 Å². The van der Waals surface area contributed by atoms with Crippen molar-refractivity contribution in [2.24, 2.45) is 0 Å². The maximum absolute atomic E-state index is 13.2. The molecular formula is C13H10FNO3. The molecular weight excluding hydrogens is 237 g/mol. The Labute approximate surface area is 103 Å². The summed E-state index contributed by atoms with van der Waals surface area (Å²) in [6.07, 6.45) is 3.13. The number of nitrogens with zero attached hydrogens (tertiary/aromatic N) is 1. The van der Waals surface area contributed by atoms with Gasteiger partial charge >= 0.3 is 5.97 Å². The summed E-state index contributed by atoms with van der Waals surface area (Å²) in [5, 5.41) is 8.80. The molecule has 2 rings (SSSR count). The van der Waals surface area contributed by atoms with Crippen LogP contribution >= 0.6 is 0 Å². The minimum Gasteiger partial charge on any atom is -0.487 e. The van der Waals surface area contributed by atoms with Crippen molar-refractivity contribution in [3.8, 4) is 5.75 Å². The molecule has 0 spiro atoms. The fraction of sp³-hybridized carbons (Fsp3) is 0.0769. The molecule has 0 aliphatic heterocycles. The summed E-state index contributed by atoms with van der Waals surface area (Å²) in [4.78, 5) is 14.6. The van der Waals surface area contributed by atoms with E-state index in [1.807, 2.05) is 0 Å². The maximum Gasteiger partial charge on any atom is 0.335 e. The molecule has 2 aromatic rings. The number of carboxylic acids is 1. The highest BCUT2D eigenvalue weighted by Crippen LogP contribution is 2.13. The molecule has 1 aromatic heterocycles. The zero-order valence-corrected chi connectivity index (χ0v) is 9.34. The van der Waals surface area contributed by atoms with Crippen molar-refractivity contribution < 1.29 is 19.0 Å². The quantitative estimate of drug-likeness (QED) is 0.901. The number of benzene rings is 1. The highest BCUT2D eigenvalue weighted by Gasteiger charge is 2.07. The molecule has 0 atom stereocenters. The molecule has 0 saturated carbocycles. The number of halogens is 1. The fourth-order valence-electron chi connectivity index (χ4n) is 1.46. The van der Waals surface area contributed by atoms with Crippen LogP contribution < -0.4 is 4.74 Å². The topological polar surface area (TPSA) is 59.4 Å². The van der Waals surface area contributed by atoms with Gasteiger partial charge in [0.2, 0.25) is 0 Å². The van der Waals surface area contributed by atoms with Crippen molar-refractivity contribution in [3.05, 3.63) is 59.7 Å². The predicted octanol–water partition coefficient (Wildman–Crippen LogP) is 2.50. The van der Waals surface area contributed by atoms with Gasteiger partial charge in [-0.25, -0.2) is 9.18 Å². The van der Waals surface area contributed by atoms with Crippen molar-refractivity contribution in [3.63, 3.8) is 0 Å². The Balaban J connectivity index is 2.12. The lowest BCUT2D eigenvalue weighted by Gasteiger charge is -2.06. The van der Waals surface area contributed by atoms with Crippen LogP contribution in [0, 0.1) is 5.82 Å². The van der Waals surface area contributed by atoms with Gasteiger partial charge in [-0.3, -0.25) is 4.98 Å². The Morgan fingerprint density at radius 1 is 1.39 bits per heavy atom. The van der Waals surface area contributed by atoms with Crippen LogP contribution in [0.15, 0.2) is 42.7 Å². The Morgan fingerprint density at radius 2 is 2.22 bits per heavy atom. The third-order valence-corrected chi connectivity index (χ3v) is 2.24. The number of hydrogen-bond donors (Lipinski definition) is 1. The van der Waals surface area contributed by atoms with Crippen LogP contribution in [0.5, 0.6) is 5.75 Å². The van der Waals surface area contributed by atoms with E-state index >= 15 is 0 Å². The van der Waals surface area contributed by atoms with Gasteiger partial charge in [0.25, 0.3) is 0 Å². The van der Waals surface area contributed by atoms with Gasteiger partial charge in [0.15, 0.2) is 0 Å². The molecule has 0 bridgehead atoms. The van der Waals surface area contributed by atoms with Crippen LogP contribution in [0.2, 0.25) is 0 Å². The average Bonchev–Trinajstić information content (AvgIpc) is 2.37. The summed E-state index contributed by atoms with van der Waals surface area (Å²) < 4.78 is 18.5. The van der Waals surface area contributed by atoms with Crippen LogP contribution in [0.25, 0.3) is 0 Å². The number of aromatic nitrogens is 1. The zero-order chi connectivity index (χ0) is 13.0. The summed E-state index contributed by atoms with van der Waals surface area (Å²) in [5.41, 5.74) is 0.357. The standard InChI is InChI=1S/C13H10FNO3/c14-11-5-9(4-10(6-11)13(16)17)8-18-12-2-1-3-15-7-12/h1-7H,8H2,(H,16,17). The smallest absolute Gasteiger partial charge is 0.335 e. The third kappa shape index (κ3) is 3.04. The largest absolute Gasteiger partial charge is 0.487 e. The minimum absolute atomic E-state index is 0.0870. The van der Waals surface area contributed by atoms with Gasteiger partial charge in [-0.05, 0) is 35.9 Å². The van der Waals surface area contributed by atoms with Crippen molar-refractivity contribution in [1.82, 2.24) is 4.98 Å². The van der Waals surface area contributed by atoms with E-state index in [0.717, 1.165) is 6.07 Å². The van der Waals surface area contributed by atoms with Crippen LogP contribution in [0.4, 0.5) is 4.39 Å². The second kappa shape index (κ2) is 5.27. The molecule has 5 heteroatoms. The summed E-state index contributed by atoms with van der Waals surface area (Å²) in [6, 6.07) is 7.01. The van der Waals surface area contributed by atoms with E-state index in [2.05, 4.69) is 4.98 Å². The van der Waals surface area contributed by atoms with E-state index in [-0.39, 0.29) is 12.2 Å². The first kappa shape index (κ1) is 12.0. The monoisotopic (exact) mass is 247 g/mol. The average molecular weight is 247 g/mol. The van der Waals surface area contributed by atoms with Gasteiger partial charge in [-0.2, -0.15) is 0 Å². The van der Waals surface area contributed by atoms with Gasteiger partial charge in [0.1, 0.15) is 18.2 Å². The molecule has 0 aliphatic carbocycles. The van der Waals surface area contributed by atoms with E-state index in [4.69, 9.17) is 9.84 Å².